The van der Waals surface area contributed by atoms with Crippen molar-refractivity contribution in [1.29, 1.82) is 0 Å². The third-order valence-electron chi connectivity index (χ3n) is 4.59. The van der Waals surface area contributed by atoms with Crippen LogP contribution in [0.15, 0.2) is 24.3 Å². The lowest BCUT2D eigenvalue weighted by Gasteiger charge is -2.19. The largest absolute Gasteiger partial charge is 0.416 e. The monoisotopic (exact) mass is 362 g/mol. The highest BCUT2D eigenvalue weighted by Gasteiger charge is 2.31. The van der Waals surface area contributed by atoms with E-state index in [0.717, 1.165) is 29.2 Å². The van der Waals surface area contributed by atoms with Crippen molar-refractivity contribution in [2.75, 3.05) is 5.32 Å². The summed E-state index contributed by atoms with van der Waals surface area (Å²) in [6.45, 7) is 4.97. The topological polar surface area (TPSA) is 67.1 Å². The molecule has 4 rings (SSSR count). The van der Waals surface area contributed by atoms with E-state index in [2.05, 4.69) is 25.8 Å². The molecule has 0 saturated heterocycles. The zero-order valence-corrected chi connectivity index (χ0v) is 14.2. The molecule has 0 spiro atoms. The van der Waals surface area contributed by atoms with E-state index >= 15 is 0 Å². The molecule has 2 aromatic heterocycles. The molecular weight excluding hydrogens is 345 g/mol. The maximum Gasteiger partial charge on any atom is 0.416 e. The summed E-state index contributed by atoms with van der Waals surface area (Å²) in [7, 11) is 0. The van der Waals surface area contributed by atoms with Crippen molar-refractivity contribution in [2.45, 2.75) is 39.2 Å². The van der Waals surface area contributed by atoms with Crippen molar-refractivity contribution >= 4 is 11.6 Å². The van der Waals surface area contributed by atoms with Crippen LogP contribution >= 0.6 is 0 Å². The first kappa shape index (κ1) is 16.8. The summed E-state index contributed by atoms with van der Waals surface area (Å²) in [5, 5.41) is 14.6. The van der Waals surface area contributed by atoms with Gasteiger partial charge in [0.25, 0.3) is 5.78 Å². The molecule has 0 amide bonds. The fourth-order valence-corrected chi connectivity index (χ4v) is 3.25. The smallest absolute Gasteiger partial charge is 0.363 e. The summed E-state index contributed by atoms with van der Waals surface area (Å²) in [4.78, 5) is 4.52. The van der Waals surface area contributed by atoms with Crippen LogP contribution in [0.3, 0.4) is 0 Å². The van der Waals surface area contributed by atoms with Gasteiger partial charge in [-0.15, -0.1) is 10.2 Å². The molecule has 3 aromatic rings. The second-order valence-electron chi connectivity index (χ2n) is 6.36. The summed E-state index contributed by atoms with van der Waals surface area (Å²) in [5.41, 5.74) is 1.89. The van der Waals surface area contributed by atoms with Crippen molar-refractivity contribution in [1.82, 2.24) is 24.9 Å². The highest BCUT2D eigenvalue weighted by Crippen LogP contribution is 2.32. The molecule has 9 heteroatoms. The van der Waals surface area contributed by atoms with Crippen molar-refractivity contribution in [2.24, 2.45) is 0 Å². The normalized spacial score (nSPS) is 15.3. The van der Waals surface area contributed by atoms with Gasteiger partial charge in [-0.1, -0.05) is 12.1 Å². The number of aromatic nitrogens is 4. The molecule has 136 valence electrons. The van der Waals surface area contributed by atoms with E-state index in [4.69, 9.17) is 0 Å². The zero-order valence-electron chi connectivity index (χ0n) is 14.2. The Labute approximate surface area is 147 Å². The summed E-state index contributed by atoms with van der Waals surface area (Å²) in [6.07, 6.45) is -4.36. The molecule has 0 unspecified atom stereocenters. The lowest BCUT2D eigenvalue weighted by Crippen LogP contribution is -2.13. The quantitative estimate of drug-likeness (QED) is 0.749. The van der Waals surface area contributed by atoms with Crippen molar-refractivity contribution in [3.8, 4) is 0 Å². The molecule has 1 aromatic carbocycles. The van der Waals surface area contributed by atoms with Crippen LogP contribution in [-0.4, -0.2) is 19.6 Å². The standard InChI is InChI=1S/C17H17F3N6/c1-9(11-4-3-5-12(6-11)17(18,19)20)22-15-13-7-21-8-14(13)26-10(2)24-25-16(26)23-15/h3-6,9,21H,7-8H2,1-2H3,(H,22,23,25)/t9-/m1/s1. The Hall–Kier alpha value is -2.68. The second kappa shape index (κ2) is 5.94. The fraction of sp³-hybridized carbons (Fsp3) is 0.353. The predicted octanol–water partition coefficient (Wildman–Crippen LogP) is 3.23. The van der Waals surface area contributed by atoms with E-state index in [1.165, 1.54) is 6.07 Å². The Balaban J connectivity index is 1.70. The maximum absolute atomic E-state index is 13.0. The Morgan fingerprint density at radius 2 is 2.04 bits per heavy atom. The number of hydrogen-bond donors (Lipinski definition) is 2. The molecule has 3 heterocycles. The lowest BCUT2D eigenvalue weighted by molar-refractivity contribution is -0.137. The van der Waals surface area contributed by atoms with Crippen LogP contribution in [0, 0.1) is 6.92 Å². The van der Waals surface area contributed by atoms with Gasteiger partial charge in [-0.2, -0.15) is 18.2 Å². The summed E-state index contributed by atoms with van der Waals surface area (Å²) in [6, 6.07) is 4.98. The maximum atomic E-state index is 13.0. The average molecular weight is 362 g/mol. The third-order valence-corrected chi connectivity index (χ3v) is 4.59. The van der Waals surface area contributed by atoms with Gasteiger partial charge in [0.2, 0.25) is 0 Å². The first-order valence-corrected chi connectivity index (χ1v) is 8.22. The minimum Gasteiger partial charge on any atom is -0.363 e. The number of alkyl halides is 3. The van der Waals surface area contributed by atoms with Gasteiger partial charge < -0.3 is 10.6 Å². The number of nitrogens with zero attached hydrogens (tertiary/aromatic N) is 4. The molecule has 2 N–H and O–H groups in total. The molecule has 1 atom stereocenters. The molecule has 0 radical (unpaired) electrons. The first-order chi connectivity index (χ1) is 12.3. The summed E-state index contributed by atoms with van der Waals surface area (Å²) >= 11 is 0. The number of fused-ring (bicyclic) bond motifs is 3. The Kier molecular flexibility index (Phi) is 3.83. The predicted molar refractivity (Wildman–Crippen MR) is 89.5 cm³/mol. The van der Waals surface area contributed by atoms with E-state index in [9.17, 15) is 13.2 Å². The number of aryl methyl sites for hydroxylation is 1. The highest BCUT2D eigenvalue weighted by atomic mass is 19.4. The van der Waals surface area contributed by atoms with Gasteiger partial charge >= 0.3 is 6.18 Å². The van der Waals surface area contributed by atoms with E-state index in [1.54, 1.807) is 6.07 Å². The first-order valence-electron chi connectivity index (χ1n) is 8.22. The molecule has 6 nitrogen and oxygen atoms in total. The number of nitrogens with one attached hydrogen (secondary N) is 2. The molecule has 0 saturated carbocycles. The Morgan fingerprint density at radius 3 is 2.81 bits per heavy atom. The van der Waals surface area contributed by atoms with Gasteiger partial charge in [-0.05, 0) is 31.5 Å². The van der Waals surface area contributed by atoms with Gasteiger partial charge in [0.05, 0.1) is 5.56 Å². The molecule has 0 fully saturated rings. The van der Waals surface area contributed by atoms with Gasteiger partial charge in [-0.3, -0.25) is 4.40 Å². The molecule has 1 aliphatic heterocycles. The Bertz CT molecular complexity index is 979. The highest BCUT2D eigenvalue weighted by molar-refractivity contribution is 5.55. The van der Waals surface area contributed by atoms with Crippen LogP contribution in [0.1, 0.15) is 41.2 Å². The van der Waals surface area contributed by atoms with E-state index in [0.29, 0.717) is 30.2 Å². The zero-order chi connectivity index (χ0) is 18.5. The van der Waals surface area contributed by atoms with Gasteiger partial charge in [-0.25, -0.2) is 0 Å². The van der Waals surface area contributed by atoms with E-state index < -0.39 is 11.7 Å². The van der Waals surface area contributed by atoms with Crippen molar-refractivity contribution in [3.05, 3.63) is 52.5 Å². The number of benzene rings is 1. The number of rotatable bonds is 3. The van der Waals surface area contributed by atoms with Gasteiger partial charge in [0.15, 0.2) is 0 Å². The van der Waals surface area contributed by atoms with E-state index in [-0.39, 0.29) is 6.04 Å². The minimum absolute atomic E-state index is 0.346. The van der Waals surface area contributed by atoms with Gasteiger partial charge in [0.1, 0.15) is 11.6 Å². The summed E-state index contributed by atoms with van der Waals surface area (Å²) in [5.74, 6) is 1.85. The van der Waals surface area contributed by atoms with Crippen LogP contribution in [0.25, 0.3) is 5.78 Å². The molecular formula is C17H17F3N6. The van der Waals surface area contributed by atoms with Gasteiger partial charge in [0, 0.05) is 30.4 Å². The van der Waals surface area contributed by atoms with Crippen molar-refractivity contribution in [3.63, 3.8) is 0 Å². The minimum atomic E-state index is -4.36. The molecule has 0 bridgehead atoms. The van der Waals surface area contributed by atoms with Crippen LogP contribution in [-0.2, 0) is 19.3 Å². The molecule has 1 aliphatic rings. The second-order valence-corrected chi connectivity index (χ2v) is 6.36. The van der Waals surface area contributed by atoms with Crippen LogP contribution < -0.4 is 10.6 Å². The summed E-state index contributed by atoms with van der Waals surface area (Å²) < 4.78 is 40.8. The molecule has 26 heavy (non-hydrogen) atoms. The molecule has 0 aliphatic carbocycles. The van der Waals surface area contributed by atoms with Crippen LogP contribution in [0.5, 0.6) is 0 Å². The van der Waals surface area contributed by atoms with Crippen LogP contribution in [0.2, 0.25) is 0 Å². The number of anilines is 1. The lowest BCUT2D eigenvalue weighted by atomic mass is 10.0. The SMILES string of the molecule is Cc1nnc2nc(N[C@H](C)c3cccc(C(F)(F)F)c3)c3c(n12)CNC3. The number of halogens is 3. The fourth-order valence-electron chi connectivity index (χ4n) is 3.25. The Morgan fingerprint density at radius 1 is 1.23 bits per heavy atom. The number of hydrogen-bond acceptors (Lipinski definition) is 5. The van der Waals surface area contributed by atoms with Crippen molar-refractivity contribution < 1.29 is 13.2 Å². The third kappa shape index (κ3) is 2.78. The van der Waals surface area contributed by atoms with E-state index in [1.807, 2.05) is 18.2 Å². The average Bonchev–Trinajstić information content (AvgIpc) is 3.21. The van der Waals surface area contributed by atoms with Crippen LogP contribution in [0.4, 0.5) is 19.0 Å².